The van der Waals surface area contributed by atoms with Crippen LogP contribution in [-0.2, 0) is 6.61 Å². The minimum atomic E-state index is -0.0259. The summed E-state index contributed by atoms with van der Waals surface area (Å²) in [5.41, 5.74) is 3.37. The largest absolute Gasteiger partial charge is 0.454 e. The Kier molecular flexibility index (Phi) is 2.40. The predicted octanol–water partition coefficient (Wildman–Crippen LogP) is 2.22. The van der Waals surface area contributed by atoms with Crippen LogP contribution >= 0.6 is 0 Å². The van der Waals surface area contributed by atoms with Gasteiger partial charge < -0.3 is 19.0 Å². The van der Waals surface area contributed by atoms with Crippen molar-refractivity contribution in [2.75, 3.05) is 6.79 Å². The van der Waals surface area contributed by atoms with E-state index in [4.69, 9.17) is 9.47 Å². The summed E-state index contributed by atoms with van der Waals surface area (Å²) in [4.78, 5) is 4.59. The van der Waals surface area contributed by atoms with Crippen molar-refractivity contribution < 1.29 is 14.6 Å². The third-order valence-electron chi connectivity index (χ3n) is 3.40. The number of aliphatic hydroxyl groups is 1. The minimum Gasteiger partial charge on any atom is -0.454 e. The average molecular weight is 268 g/mol. The first-order chi connectivity index (χ1) is 9.85. The molecular weight excluding hydrogens is 256 g/mol. The van der Waals surface area contributed by atoms with Gasteiger partial charge in [0.15, 0.2) is 11.5 Å². The molecule has 1 aliphatic rings. The van der Waals surface area contributed by atoms with Crippen LogP contribution in [0, 0.1) is 0 Å². The van der Waals surface area contributed by atoms with E-state index in [1.165, 1.54) is 0 Å². The Morgan fingerprint density at radius 1 is 1.20 bits per heavy atom. The first-order valence-electron chi connectivity index (χ1n) is 6.32. The Morgan fingerprint density at radius 2 is 2.10 bits per heavy atom. The number of benzene rings is 1. The molecule has 0 fully saturated rings. The van der Waals surface area contributed by atoms with Gasteiger partial charge in [-0.3, -0.25) is 0 Å². The van der Waals surface area contributed by atoms with E-state index in [1.807, 2.05) is 47.1 Å². The lowest BCUT2D eigenvalue weighted by molar-refractivity contribution is 0.174. The number of ether oxygens (including phenoxy) is 2. The molecule has 3 heterocycles. The zero-order chi connectivity index (χ0) is 13.5. The molecule has 5 nitrogen and oxygen atoms in total. The van der Waals surface area contributed by atoms with Crippen molar-refractivity contribution in [3.05, 3.63) is 48.3 Å². The number of rotatable bonds is 2. The maximum absolute atomic E-state index is 9.35. The van der Waals surface area contributed by atoms with Crippen molar-refractivity contribution in [2.45, 2.75) is 6.61 Å². The summed E-state index contributed by atoms with van der Waals surface area (Å²) >= 11 is 0. The molecule has 0 spiro atoms. The Morgan fingerprint density at radius 3 is 3.00 bits per heavy atom. The Bertz CT molecular complexity index is 795. The number of imidazole rings is 1. The summed E-state index contributed by atoms with van der Waals surface area (Å²) in [6, 6.07) is 9.51. The first-order valence-corrected chi connectivity index (χ1v) is 6.32. The lowest BCUT2D eigenvalue weighted by Crippen LogP contribution is -1.92. The number of aliphatic hydroxyl groups excluding tert-OH is 1. The topological polar surface area (TPSA) is 56.0 Å². The number of pyridine rings is 1. The molecule has 0 aliphatic carbocycles. The molecule has 1 N–H and O–H groups in total. The second-order valence-electron chi connectivity index (χ2n) is 4.62. The molecule has 0 saturated carbocycles. The Labute approximate surface area is 115 Å². The monoisotopic (exact) mass is 268 g/mol. The maximum atomic E-state index is 9.35. The fourth-order valence-corrected chi connectivity index (χ4v) is 2.39. The van der Waals surface area contributed by atoms with Crippen molar-refractivity contribution in [3.8, 4) is 22.8 Å². The second-order valence-corrected chi connectivity index (χ2v) is 4.62. The van der Waals surface area contributed by atoms with Crippen molar-refractivity contribution in [2.24, 2.45) is 0 Å². The standard InChI is InChI=1S/C15H12N2O3/c18-8-11-2-1-5-17-7-12(16-15(11)17)10-3-4-13-14(6-10)20-9-19-13/h1-7,18H,8-9H2. The molecule has 2 aromatic heterocycles. The molecule has 0 bridgehead atoms. The SMILES string of the molecule is OCc1cccn2cc(-c3ccc4c(c3)OCO4)nc12. The van der Waals surface area contributed by atoms with Crippen LogP contribution in [0.1, 0.15) is 5.56 Å². The Hall–Kier alpha value is -2.53. The van der Waals surface area contributed by atoms with Gasteiger partial charge in [0, 0.05) is 23.5 Å². The minimum absolute atomic E-state index is 0.0259. The van der Waals surface area contributed by atoms with Crippen molar-refractivity contribution >= 4 is 5.65 Å². The zero-order valence-electron chi connectivity index (χ0n) is 10.6. The summed E-state index contributed by atoms with van der Waals surface area (Å²) in [7, 11) is 0. The van der Waals surface area contributed by atoms with Gasteiger partial charge in [0.05, 0.1) is 12.3 Å². The van der Waals surface area contributed by atoms with Crippen molar-refractivity contribution in [1.29, 1.82) is 0 Å². The average Bonchev–Trinajstić information content (AvgIpc) is 3.11. The lowest BCUT2D eigenvalue weighted by atomic mass is 10.1. The second kappa shape index (κ2) is 4.25. The molecule has 5 heteroatoms. The molecule has 3 aromatic rings. The van der Waals surface area contributed by atoms with E-state index in [0.717, 1.165) is 34.0 Å². The van der Waals surface area contributed by atoms with E-state index in [-0.39, 0.29) is 13.4 Å². The van der Waals surface area contributed by atoms with E-state index in [1.54, 1.807) is 0 Å². The third kappa shape index (κ3) is 1.64. The molecule has 0 radical (unpaired) electrons. The zero-order valence-corrected chi connectivity index (χ0v) is 10.6. The molecule has 20 heavy (non-hydrogen) atoms. The van der Waals surface area contributed by atoms with Crippen LogP contribution in [0.3, 0.4) is 0 Å². The van der Waals surface area contributed by atoms with Gasteiger partial charge in [0.2, 0.25) is 6.79 Å². The molecule has 0 atom stereocenters. The third-order valence-corrected chi connectivity index (χ3v) is 3.40. The van der Waals surface area contributed by atoms with Crippen LogP contribution in [0.5, 0.6) is 11.5 Å². The van der Waals surface area contributed by atoms with E-state index >= 15 is 0 Å². The molecule has 0 unspecified atom stereocenters. The Balaban J connectivity index is 1.86. The van der Waals surface area contributed by atoms with Gasteiger partial charge >= 0.3 is 0 Å². The quantitative estimate of drug-likeness (QED) is 0.774. The van der Waals surface area contributed by atoms with Crippen LogP contribution in [0.15, 0.2) is 42.7 Å². The fourth-order valence-electron chi connectivity index (χ4n) is 2.39. The van der Waals surface area contributed by atoms with E-state index in [9.17, 15) is 5.11 Å². The highest BCUT2D eigenvalue weighted by Crippen LogP contribution is 2.35. The lowest BCUT2D eigenvalue weighted by Gasteiger charge is -1.99. The van der Waals surface area contributed by atoms with Crippen LogP contribution < -0.4 is 9.47 Å². The van der Waals surface area contributed by atoms with Crippen molar-refractivity contribution in [1.82, 2.24) is 9.38 Å². The number of hydrogen-bond acceptors (Lipinski definition) is 4. The molecule has 100 valence electrons. The smallest absolute Gasteiger partial charge is 0.231 e. The van der Waals surface area contributed by atoms with Gasteiger partial charge in [-0.2, -0.15) is 0 Å². The summed E-state index contributed by atoms with van der Waals surface area (Å²) in [6.45, 7) is 0.237. The first kappa shape index (κ1) is 11.3. The molecule has 4 rings (SSSR count). The summed E-state index contributed by atoms with van der Waals surface area (Å²) < 4.78 is 12.6. The molecular formula is C15H12N2O3. The highest BCUT2D eigenvalue weighted by molar-refractivity contribution is 5.67. The van der Waals surface area contributed by atoms with Gasteiger partial charge in [-0.05, 0) is 24.3 Å². The highest BCUT2D eigenvalue weighted by atomic mass is 16.7. The number of aromatic nitrogens is 2. The fraction of sp³-hybridized carbons (Fsp3) is 0.133. The van der Waals surface area contributed by atoms with Gasteiger partial charge in [-0.25, -0.2) is 4.98 Å². The normalized spacial score (nSPS) is 13.1. The van der Waals surface area contributed by atoms with Gasteiger partial charge in [-0.1, -0.05) is 6.07 Å². The van der Waals surface area contributed by atoms with Crippen LogP contribution in [-0.4, -0.2) is 21.3 Å². The highest BCUT2D eigenvalue weighted by Gasteiger charge is 2.15. The summed E-state index contributed by atoms with van der Waals surface area (Å²) in [6.07, 6.45) is 3.85. The van der Waals surface area contributed by atoms with E-state index in [2.05, 4.69) is 4.98 Å². The van der Waals surface area contributed by atoms with E-state index < -0.39 is 0 Å². The van der Waals surface area contributed by atoms with Gasteiger partial charge in [0.25, 0.3) is 0 Å². The number of hydrogen-bond donors (Lipinski definition) is 1. The van der Waals surface area contributed by atoms with Crippen LogP contribution in [0.2, 0.25) is 0 Å². The van der Waals surface area contributed by atoms with Crippen molar-refractivity contribution in [3.63, 3.8) is 0 Å². The molecule has 1 aromatic carbocycles. The summed E-state index contributed by atoms with van der Waals surface area (Å²) in [5, 5.41) is 9.35. The van der Waals surface area contributed by atoms with Gasteiger partial charge in [0.1, 0.15) is 5.65 Å². The molecule has 1 aliphatic heterocycles. The van der Waals surface area contributed by atoms with E-state index in [0.29, 0.717) is 0 Å². The number of nitrogens with zero attached hydrogens (tertiary/aromatic N) is 2. The molecule has 0 amide bonds. The van der Waals surface area contributed by atoms with Crippen LogP contribution in [0.25, 0.3) is 16.9 Å². The summed E-state index contributed by atoms with van der Waals surface area (Å²) in [5.74, 6) is 1.50. The maximum Gasteiger partial charge on any atom is 0.231 e. The van der Waals surface area contributed by atoms with Crippen LogP contribution in [0.4, 0.5) is 0 Å². The predicted molar refractivity (Wildman–Crippen MR) is 72.7 cm³/mol. The molecule has 0 saturated heterocycles. The number of fused-ring (bicyclic) bond motifs is 2. The van der Waals surface area contributed by atoms with Gasteiger partial charge in [-0.15, -0.1) is 0 Å².